The molecule has 1 heterocycles. The van der Waals surface area contributed by atoms with Gasteiger partial charge in [0.05, 0.1) is 30.1 Å². The molecule has 1 aliphatic rings. The molecule has 0 atom stereocenters. The zero-order valence-corrected chi connectivity index (χ0v) is 6.76. The summed E-state index contributed by atoms with van der Waals surface area (Å²) in [7, 11) is 15.8. The molecule has 1 saturated heterocycles. The predicted octanol–water partition coefficient (Wildman–Crippen LogP) is -0.166. The van der Waals surface area contributed by atoms with E-state index < -0.39 is 17.7 Å². The fourth-order valence-electron chi connectivity index (χ4n) is 1.30. The van der Waals surface area contributed by atoms with Crippen molar-refractivity contribution >= 4 is 23.5 Å². The Morgan fingerprint density at radius 3 is 2.17 bits per heavy atom. The lowest BCUT2D eigenvalue weighted by molar-refractivity contribution is -0.0652. The molecule has 0 N–H and O–H groups in total. The van der Waals surface area contributed by atoms with Crippen LogP contribution in [0.4, 0.5) is 8.78 Å². The number of nitrogens with zero attached hydrogens (tertiary/aromatic N) is 1. The molecule has 12 heavy (non-hydrogen) atoms. The molecule has 1 nitrogen and oxygen atoms in total. The predicted molar refractivity (Wildman–Crippen MR) is 45.7 cm³/mol. The average molecular weight is 165 g/mol. The monoisotopic (exact) mass is 165 g/mol. The van der Waals surface area contributed by atoms with E-state index in [9.17, 15) is 8.78 Å². The first-order valence-electron chi connectivity index (χ1n) is 3.81. The number of halogens is 2. The molecule has 0 unspecified atom stereocenters. The minimum absolute atomic E-state index is 0.112. The number of hydrogen-bond donors (Lipinski definition) is 0. The lowest BCUT2D eigenvalue weighted by Crippen LogP contribution is -2.57. The first-order chi connectivity index (χ1) is 5.31. The first kappa shape index (κ1) is 10.1. The highest BCUT2D eigenvalue weighted by Gasteiger charge is 2.37. The van der Waals surface area contributed by atoms with Gasteiger partial charge in [0.15, 0.2) is 0 Å². The highest BCUT2D eigenvalue weighted by atomic mass is 19.3. The molecule has 1 rings (SSSR count). The normalized spacial score (nSPS) is 25.5. The lowest BCUT2D eigenvalue weighted by Gasteiger charge is -2.42. The molecule has 0 aliphatic carbocycles. The van der Waals surface area contributed by atoms with Crippen LogP contribution in [0.5, 0.6) is 0 Å². The maximum absolute atomic E-state index is 12.8. The van der Waals surface area contributed by atoms with Crippen molar-refractivity contribution in [1.82, 2.24) is 4.90 Å². The van der Waals surface area contributed by atoms with Crippen molar-refractivity contribution in [3.8, 4) is 0 Å². The van der Waals surface area contributed by atoms with Crippen molar-refractivity contribution in [2.45, 2.75) is 24.0 Å². The van der Waals surface area contributed by atoms with Gasteiger partial charge in [-0.15, -0.1) is 0 Å². The fourth-order valence-corrected chi connectivity index (χ4v) is 1.30. The van der Waals surface area contributed by atoms with Crippen molar-refractivity contribution in [3.05, 3.63) is 0 Å². The van der Waals surface area contributed by atoms with Crippen molar-refractivity contribution in [3.63, 3.8) is 0 Å². The second-order valence-electron chi connectivity index (χ2n) is 3.27. The Balaban J connectivity index is 2.58. The molecule has 0 saturated carbocycles. The van der Waals surface area contributed by atoms with Crippen LogP contribution in [-0.4, -0.2) is 52.7 Å². The summed E-state index contributed by atoms with van der Waals surface area (Å²) in [6, 6.07) is 0. The van der Waals surface area contributed by atoms with E-state index in [1.165, 1.54) is 4.90 Å². The molecule has 0 aromatic carbocycles. The first-order valence-corrected chi connectivity index (χ1v) is 3.81. The number of rotatable bonds is 1. The smallest absolute Gasteiger partial charge is 0.260 e. The standard InChI is InChI=1S/C6H8B3F2N/c7-6(8,9)12-3-1-2-5(10,11)4-12/h1-4H2. The molecular formula is C6H8B3F2N. The van der Waals surface area contributed by atoms with Gasteiger partial charge >= 0.3 is 0 Å². The van der Waals surface area contributed by atoms with Gasteiger partial charge in [-0.25, -0.2) is 8.78 Å². The van der Waals surface area contributed by atoms with Crippen LogP contribution < -0.4 is 0 Å². The van der Waals surface area contributed by atoms with E-state index in [2.05, 4.69) is 0 Å². The third kappa shape index (κ3) is 2.51. The highest BCUT2D eigenvalue weighted by molar-refractivity contribution is 6.59. The SMILES string of the molecule is [B]C([B])([B])N1CCCC(F)(F)C1. The summed E-state index contributed by atoms with van der Waals surface area (Å²) in [5, 5.41) is -1.62. The number of alkyl halides is 2. The van der Waals surface area contributed by atoms with E-state index in [-0.39, 0.29) is 6.42 Å². The minimum Gasteiger partial charge on any atom is -0.317 e. The summed E-state index contributed by atoms with van der Waals surface area (Å²) in [5.74, 6) is -2.71. The molecule has 1 fully saturated rings. The minimum atomic E-state index is -2.71. The van der Waals surface area contributed by atoms with Crippen LogP contribution in [0.2, 0.25) is 0 Å². The topological polar surface area (TPSA) is 3.24 Å². The van der Waals surface area contributed by atoms with E-state index in [1.807, 2.05) is 0 Å². The van der Waals surface area contributed by atoms with Gasteiger partial charge in [-0.05, 0) is 13.0 Å². The molecule has 0 amide bonds. The van der Waals surface area contributed by atoms with Gasteiger partial charge in [-0.1, -0.05) is 5.24 Å². The van der Waals surface area contributed by atoms with Crippen LogP contribution in [0.1, 0.15) is 12.8 Å². The highest BCUT2D eigenvalue weighted by Crippen LogP contribution is 2.28. The third-order valence-corrected chi connectivity index (χ3v) is 1.94. The molecule has 0 aromatic rings. The molecule has 0 bridgehead atoms. The maximum atomic E-state index is 12.8. The molecule has 60 valence electrons. The van der Waals surface area contributed by atoms with Crippen molar-refractivity contribution in [1.29, 1.82) is 0 Å². The number of likely N-dealkylation sites (tertiary alicyclic amines) is 1. The van der Waals surface area contributed by atoms with Crippen molar-refractivity contribution in [2.75, 3.05) is 13.1 Å². The Bertz CT molecular complexity index is 165. The zero-order chi connectivity index (χ0) is 9.41. The summed E-state index contributed by atoms with van der Waals surface area (Å²) >= 11 is 0. The van der Waals surface area contributed by atoms with Gasteiger partial charge in [0.1, 0.15) is 0 Å². The Hall–Kier alpha value is 0.0148. The van der Waals surface area contributed by atoms with E-state index in [0.29, 0.717) is 13.0 Å². The fraction of sp³-hybridized carbons (Fsp3) is 1.00. The molecule has 1 aliphatic heterocycles. The summed E-state index contributed by atoms with van der Waals surface area (Å²) in [6.45, 7) is -0.0183. The largest absolute Gasteiger partial charge is 0.317 e. The zero-order valence-electron chi connectivity index (χ0n) is 6.76. The quantitative estimate of drug-likeness (QED) is 0.487. The van der Waals surface area contributed by atoms with Gasteiger partial charge in [0.2, 0.25) is 0 Å². The van der Waals surface area contributed by atoms with Gasteiger partial charge in [-0.3, -0.25) is 0 Å². The van der Waals surface area contributed by atoms with Crippen LogP contribution >= 0.6 is 0 Å². The summed E-state index contributed by atoms with van der Waals surface area (Å²) < 4.78 is 25.6. The van der Waals surface area contributed by atoms with E-state index in [1.54, 1.807) is 0 Å². The van der Waals surface area contributed by atoms with Gasteiger partial charge < -0.3 is 4.90 Å². The van der Waals surface area contributed by atoms with Crippen LogP contribution in [-0.2, 0) is 0 Å². The van der Waals surface area contributed by atoms with Crippen molar-refractivity contribution < 1.29 is 8.78 Å². The van der Waals surface area contributed by atoms with Gasteiger partial charge in [0.25, 0.3) is 5.92 Å². The lowest BCUT2D eigenvalue weighted by atomic mass is 9.48. The second-order valence-corrected chi connectivity index (χ2v) is 3.27. The molecule has 0 spiro atoms. The average Bonchev–Trinajstić information content (AvgIpc) is 1.83. The van der Waals surface area contributed by atoms with Crippen LogP contribution in [0.15, 0.2) is 0 Å². The van der Waals surface area contributed by atoms with Gasteiger partial charge in [0, 0.05) is 6.42 Å². The molecule has 6 radical (unpaired) electrons. The molecule has 6 heteroatoms. The Morgan fingerprint density at radius 2 is 1.83 bits per heavy atom. The Labute approximate surface area is 75.1 Å². The Morgan fingerprint density at radius 1 is 1.25 bits per heavy atom. The summed E-state index contributed by atoms with van der Waals surface area (Å²) in [4.78, 5) is 1.19. The van der Waals surface area contributed by atoms with Crippen LogP contribution in [0, 0.1) is 0 Å². The van der Waals surface area contributed by atoms with E-state index >= 15 is 0 Å². The van der Waals surface area contributed by atoms with E-state index in [4.69, 9.17) is 23.5 Å². The number of hydrogen-bond acceptors (Lipinski definition) is 1. The van der Waals surface area contributed by atoms with Crippen LogP contribution in [0.25, 0.3) is 0 Å². The maximum Gasteiger partial charge on any atom is 0.260 e. The Kier molecular flexibility index (Phi) is 2.57. The molecule has 0 aromatic heterocycles. The van der Waals surface area contributed by atoms with Gasteiger partial charge in [-0.2, -0.15) is 0 Å². The van der Waals surface area contributed by atoms with Crippen LogP contribution in [0.3, 0.4) is 0 Å². The number of piperidine rings is 1. The molecular weight excluding hydrogens is 157 g/mol. The third-order valence-electron chi connectivity index (χ3n) is 1.94. The summed E-state index contributed by atoms with van der Waals surface area (Å²) in [5.41, 5.74) is 0. The second kappa shape index (κ2) is 3.06. The van der Waals surface area contributed by atoms with Crippen molar-refractivity contribution in [2.24, 2.45) is 0 Å². The van der Waals surface area contributed by atoms with E-state index in [0.717, 1.165) is 0 Å². The summed E-state index contributed by atoms with van der Waals surface area (Å²) in [6.07, 6.45) is 0.264.